The van der Waals surface area contributed by atoms with E-state index in [1.54, 1.807) is 0 Å². The van der Waals surface area contributed by atoms with Gasteiger partial charge in [0.25, 0.3) is 0 Å². The lowest BCUT2D eigenvalue weighted by atomic mass is 9.96. The topological polar surface area (TPSA) is 98.2 Å². The summed E-state index contributed by atoms with van der Waals surface area (Å²) in [5.74, 6) is 1.02. The number of hydrogen-bond acceptors (Lipinski definition) is 4. The van der Waals surface area contributed by atoms with Crippen molar-refractivity contribution < 1.29 is 8.42 Å². The van der Waals surface area contributed by atoms with Crippen LogP contribution in [0.1, 0.15) is 20.3 Å². The van der Waals surface area contributed by atoms with E-state index in [4.69, 9.17) is 10.9 Å². The summed E-state index contributed by atoms with van der Waals surface area (Å²) >= 11 is 0. The summed E-state index contributed by atoms with van der Waals surface area (Å²) in [5.41, 5.74) is 5.60. The molecule has 0 amide bonds. The van der Waals surface area contributed by atoms with E-state index in [2.05, 4.69) is 19.2 Å². The minimum absolute atomic E-state index is 0.0367. The fourth-order valence-electron chi connectivity index (χ4n) is 1.28. The Morgan fingerprint density at radius 3 is 2.33 bits per heavy atom. The smallest absolute Gasteiger partial charge is 0.209 e. The summed E-state index contributed by atoms with van der Waals surface area (Å²) < 4.78 is 21.2. The van der Waals surface area contributed by atoms with Crippen LogP contribution in [0.3, 0.4) is 0 Å². The highest BCUT2D eigenvalue weighted by atomic mass is 32.2. The van der Waals surface area contributed by atoms with Crippen molar-refractivity contribution in [2.75, 3.05) is 25.4 Å². The van der Waals surface area contributed by atoms with Gasteiger partial charge < -0.3 is 11.1 Å². The van der Waals surface area contributed by atoms with Gasteiger partial charge in [-0.25, -0.2) is 13.6 Å². The number of sulfonamides is 1. The van der Waals surface area contributed by atoms with Crippen LogP contribution < -0.4 is 16.2 Å². The summed E-state index contributed by atoms with van der Waals surface area (Å²) in [6.45, 7) is 6.41. The van der Waals surface area contributed by atoms with Crippen LogP contribution in [0.25, 0.3) is 0 Å². The summed E-state index contributed by atoms with van der Waals surface area (Å²) in [6, 6.07) is 0. The van der Waals surface area contributed by atoms with E-state index >= 15 is 0 Å². The maximum atomic E-state index is 10.6. The largest absolute Gasteiger partial charge is 0.330 e. The van der Waals surface area contributed by atoms with Crippen LogP contribution in [0.2, 0.25) is 0 Å². The molecule has 0 aliphatic heterocycles. The lowest BCUT2D eigenvalue weighted by molar-refractivity contribution is 0.372. The molecule has 0 radical (unpaired) electrons. The molecule has 1 unspecified atom stereocenters. The first kappa shape index (κ1) is 14.8. The Morgan fingerprint density at radius 1 is 1.33 bits per heavy atom. The van der Waals surface area contributed by atoms with E-state index in [0.717, 1.165) is 6.54 Å². The van der Waals surface area contributed by atoms with Crippen molar-refractivity contribution in [1.82, 2.24) is 5.32 Å². The Balaban J connectivity index is 3.53. The number of nitrogens with two attached hydrogens (primary N) is 2. The van der Waals surface area contributed by atoms with Gasteiger partial charge in [-0.05, 0) is 37.9 Å². The molecule has 0 fully saturated rings. The molecular weight excluding hydrogens is 214 g/mol. The van der Waals surface area contributed by atoms with Crippen molar-refractivity contribution in [3.63, 3.8) is 0 Å². The fraction of sp³-hybridized carbons (Fsp3) is 1.00. The number of nitrogens with one attached hydrogen (secondary N) is 1. The van der Waals surface area contributed by atoms with Crippen molar-refractivity contribution >= 4 is 10.0 Å². The third-order valence-corrected chi connectivity index (χ3v) is 3.29. The first-order chi connectivity index (χ1) is 6.87. The Bertz CT molecular complexity index is 252. The van der Waals surface area contributed by atoms with Crippen molar-refractivity contribution in [2.24, 2.45) is 22.7 Å². The molecule has 92 valence electrons. The second-order valence-electron chi connectivity index (χ2n) is 4.16. The van der Waals surface area contributed by atoms with Gasteiger partial charge in [0.15, 0.2) is 0 Å². The molecule has 5 nitrogen and oxygen atoms in total. The summed E-state index contributed by atoms with van der Waals surface area (Å²) in [7, 11) is -3.31. The Hall–Kier alpha value is -0.170. The average Bonchev–Trinajstić information content (AvgIpc) is 2.08. The zero-order chi connectivity index (χ0) is 11.9. The number of primary sulfonamides is 1. The maximum Gasteiger partial charge on any atom is 0.209 e. The molecular formula is C9H23N3O2S. The van der Waals surface area contributed by atoms with Gasteiger partial charge in [0.1, 0.15) is 0 Å². The van der Waals surface area contributed by atoms with Crippen LogP contribution in [0.15, 0.2) is 0 Å². The Kier molecular flexibility index (Phi) is 7.08. The molecule has 0 heterocycles. The lowest BCUT2D eigenvalue weighted by Gasteiger charge is -2.19. The van der Waals surface area contributed by atoms with Crippen LogP contribution in [0.4, 0.5) is 0 Å². The SMILES string of the molecule is CC(C)C(CN)CNCCCS(N)(=O)=O. The molecule has 0 spiro atoms. The molecule has 0 aliphatic rings. The molecule has 0 bridgehead atoms. The molecule has 5 N–H and O–H groups in total. The molecule has 1 atom stereocenters. The van der Waals surface area contributed by atoms with Crippen LogP contribution in [0.5, 0.6) is 0 Å². The van der Waals surface area contributed by atoms with E-state index in [-0.39, 0.29) is 5.75 Å². The fourth-order valence-corrected chi connectivity index (χ4v) is 1.82. The average molecular weight is 237 g/mol. The monoisotopic (exact) mass is 237 g/mol. The molecule has 0 aromatic carbocycles. The summed E-state index contributed by atoms with van der Waals surface area (Å²) in [4.78, 5) is 0. The van der Waals surface area contributed by atoms with Crippen molar-refractivity contribution in [2.45, 2.75) is 20.3 Å². The lowest BCUT2D eigenvalue weighted by Crippen LogP contribution is -2.33. The highest BCUT2D eigenvalue weighted by molar-refractivity contribution is 7.89. The van der Waals surface area contributed by atoms with Gasteiger partial charge in [0, 0.05) is 0 Å². The molecule has 0 saturated carbocycles. The summed E-state index contributed by atoms with van der Waals surface area (Å²) in [6.07, 6.45) is 0.550. The molecule has 0 aliphatic carbocycles. The van der Waals surface area contributed by atoms with E-state index in [1.807, 2.05) is 0 Å². The van der Waals surface area contributed by atoms with Gasteiger partial charge in [-0.1, -0.05) is 13.8 Å². The second-order valence-corrected chi connectivity index (χ2v) is 5.90. The van der Waals surface area contributed by atoms with Crippen LogP contribution in [0, 0.1) is 11.8 Å². The van der Waals surface area contributed by atoms with Gasteiger partial charge in [0.2, 0.25) is 10.0 Å². The van der Waals surface area contributed by atoms with Crippen molar-refractivity contribution in [3.8, 4) is 0 Å². The molecule has 0 rings (SSSR count). The zero-order valence-electron chi connectivity index (χ0n) is 9.57. The molecule has 0 saturated heterocycles. The van der Waals surface area contributed by atoms with E-state index in [0.29, 0.717) is 31.3 Å². The predicted octanol–water partition coefficient (Wildman–Crippen LogP) is -0.514. The van der Waals surface area contributed by atoms with Gasteiger partial charge in [-0.15, -0.1) is 0 Å². The quantitative estimate of drug-likeness (QED) is 0.495. The minimum Gasteiger partial charge on any atom is -0.330 e. The standard InChI is InChI=1S/C9H23N3O2S/c1-8(2)9(6-10)7-12-4-3-5-15(11,13)14/h8-9,12H,3-7,10H2,1-2H3,(H2,11,13,14). The van der Waals surface area contributed by atoms with Gasteiger partial charge in [-0.3, -0.25) is 0 Å². The van der Waals surface area contributed by atoms with E-state index < -0.39 is 10.0 Å². The first-order valence-corrected chi connectivity index (χ1v) is 6.99. The Morgan fingerprint density at radius 2 is 1.93 bits per heavy atom. The molecule has 15 heavy (non-hydrogen) atoms. The maximum absolute atomic E-state index is 10.6. The molecule has 0 aromatic heterocycles. The van der Waals surface area contributed by atoms with E-state index in [9.17, 15) is 8.42 Å². The Labute approximate surface area is 92.6 Å². The highest BCUT2D eigenvalue weighted by Crippen LogP contribution is 2.07. The number of hydrogen-bond donors (Lipinski definition) is 3. The van der Waals surface area contributed by atoms with Crippen LogP contribution in [-0.4, -0.2) is 33.8 Å². The summed E-state index contributed by atoms with van der Waals surface area (Å²) in [5, 5.41) is 8.07. The first-order valence-electron chi connectivity index (χ1n) is 5.28. The van der Waals surface area contributed by atoms with Gasteiger partial charge in [-0.2, -0.15) is 0 Å². The molecule has 0 aromatic rings. The van der Waals surface area contributed by atoms with Crippen LogP contribution >= 0.6 is 0 Å². The van der Waals surface area contributed by atoms with Crippen LogP contribution in [-0.2, 0) is 10.0 Å². The van der Waals surface area contributed by atoms with Gasteiger partial charge in [0.05, 0.1) is 5.75 Å². The number of rotatable bonds is 8. The third kappa shape index (κ3) is 8.80. The minimum atomic E-state index is -3.31. The normalized spacial score (nSPS) is 14.5. The van der Waals surface area contributed by atoms with Gasteiger partial charge >= 0.3 is 0 Å². The molecule has 6 heteroatoms. The third-order valence-electron chi connectivity index (χ3n) is 2.43. The second kappa shape index (κ2) is 7.16. The zero-order valence-corrected chi connectivity index (χ0v) is 10.4. The highest BCUT2D eigenvalue weighted by Gasteiger charge is 2.10. The van der Waals surface area contributed by atoms with E-state index in [1.165, 1.54) is 0 Å². The van der Waals surface area contributed by atoms with Crippen molar-refractivity contribution in [3.05, 3.63) is 0 Å². The van der Waals surface area contributed by atoms with Crippen molar-refractivity contribution in [1.29, 1.82) is 0 Å². The predicted molar refractivity (Wildman–Crippen MR) is 62.8 cm³/mol.